The van der Waals surface area contributed by atoms with Gasteiger partial charge in [-0.25, -0.2) is 0 Å². The maximum Gasteiger partial charge on any atom is 0.287 e. The molecule has 0 saturated carbocycles. The Morgan fingerprint density at radius 1 is 1.00 bits per heavy atom. The first kappa shape index (κ1) is 21.1. The molecule has 1 heterocycles. The molecule has 0 bridgehead atoms. The Bertz CT molecular complexity index is 967. The molecule has 1 aromatic heterocycles. The average molecular weight is 432 g/mol. The summed E-state index contributed by atoms with van der Waals surface area (Å²) in [5.74, 6) is 1.85. The molecule has 2 aromatic carbocycles. The Labute approximate surface area is 177 Å². The molecule has 152 valence electrons. The summed E-state index contributed by atoms with van der Waals surface area (Å²) in [6, 6.07) is 18.1. The van der Waals surface area contributed by atoms with Crippen LogP contribution in [0.15, 0.2) is 65.1 Å². The van der Waals surface area contributed by atoms with E-state index in [2.05, 4.69) is 5.32 Å². The van der Waals surface area contributed by atoms with Gasteiger partial charge in [0.1, 0.15) is 11.5 Å². The van der Waals surface area contributed by atoms with Crippen molar-refractivity contribution in [2.75, 3.05) is 6.61 Å². The Morgan fingerprint density at radius 3 is 2.38 bits per heavy atom. The van der Waals surface area contributed by atoms with Gasteiger partial charge in [0, 0.05) is 28.1 Å². The molecule has 0 radical (unpaired) electrons. The van der Waals surface area contributed by atoms with E-state index < -0.39 is 10.8 Å². The maximum absolute atomic E-state index is 12.3. The van der Waals surface area contributed by atoms with Gasteiger partial charge >= 0.3 is 0 Å². The van der Waals surface area contributed by atoms with Crippen LogP contribution >= 0.6 is 11.6 Å². The number of amides is 1. The van der Waals surface area contributed by atoms with Gasteiger partial charge in [-0.15, -0.1) is 0 Å². The highest BCUT2D eigenvalue weighted by Gasteiger charge is 2.13. The molecular formula is C22H22ClNO4S. The highest BCUT2D eigenvalue weighted by Crippen LogP contribution is 2.16. The van der Waals surface area contributed by atoms with Crippen molar-refractivity contribution in [3.8, 4) is 5.75 Å². The molecule has 0 aliphatic carbocycles. The summed E-state index contributed by atoms with van der Waals surface area (Å²) in [6.45, 7) is 2.92. The number of halogens is 1. The van der Waals surface area contributed by atoms with E-state index in [1.165, 1.54) is 0 Å². The second-order valence-corrected chi connectivity index (χ2v) is 8.27. The predicted molar refractivity (Wildman–Crippen MR) is 114 cm³/mol. The van der Waals surface area contributed by atoms with Crippen LogP contribution in [0.4, 0.5) is 0 Å². The molecule has 0 unspecified atom stereocenters. The SMILES string of the molecule is CCOc1ccc(CNC(=O)c2ccc(C[S@](=O)Cc3ccc(Cl)cc3)o2)cc1. The van der Waals surface area contributed by atoms with Crippen molar-refractivity contribution in [1.82, 2.24) is 5.32 Å². The first-order valence-corrected chi connectivity index (χ1v) is 11.1. The summed E-state index contributed by atoms with van der Waals surface area (Å²) in [6.07, 6.45) is 0. The van der Waals surface area contributed by atoms with Gasteiger partial charge in [0.05, 0.1) is 12.4 Å². The number of benzene rings is 2. The number of furan rings is 1. The molecule has 3 rings (SSSR count). The van der Waals surface area contributed by atoms with Crippen LogP contribution < -0.4 is 10.1 Å². The van der Waals surface area contributed by atoms with E-state index >= 15 is 0 Å². The molecule has 0 aliphatic rings. The molecule has 1 N–H and O–H groups in total. The topological polar surface area (TPSA) is 68.5 Å². The van der Waals surface area contributed by atoms with E-state index in [9.17, 15) is 9.00 Å². The normalized spacial score (nSPS) is 11.8. The molecule has 5 nitrogen and oxygen atoms in total. The quantitative estimate of drug-likeness (QED) is 0.532. The van der Waals surface area contributed by atoms with Crippen LogP contribution in [-0.4, -0.2) is 16.7 Å². The van der Waals surface area contributed by atoms with Crippen molar-refractivity contribution < 1.29 is 18.2 Å². The monoisotopic (exact) mass is 431 g/mol. The third-order valence-electron chi connectivity index (χ3n) is 4.12. The standard InChI is InChI=1S/C22H22ClNO4S/c1-2-27-19-9-5-16(6-10-19)13-24-22(25)21-12-11-20(28-21)15-29(26)14-17-3-7-18(23)8-4-17/h3-12H,2,13-15H2,1H3,(H,24,25)/t29-/m1/s1. The number of rotatable bonds is 9. The zero-order valence-corrected chi connectivity index (χ0v) is 17.6. The summed E-state index contributed by atoms with van der Waals surface area (Å²) in [5.41, 5.74) is 1.89. The van der Waals surface area contributed by atoms with Gasteiger partial charge < -0.3 is 14.5 Å². The van der Waals surface area contributed by atoms with Crippen molar-refractivity contribution in [1.29, 1.82) is 0 Å². The lowest BCUT2D eigenvalue weighted by atomic mass is 10.2. The zero-order chi connectivity index (χ0) is 20.6. The number of carbonyl (C=O) groups is 1. The third kappa shape index (κ3) is 6.48. The summed E-state index contributed by atoms with van der Waals surface area (Å²) < 4.78 is 23.3. The van der Waals surface area contributed by atoms with Gasteiger partial charge in [-0.2, -0.15) is 0 Å². The lowest BCUT2D eigenvalue weighted by molar-refractivity contribution is 0.0921. The van der Waals surface area contributed by atoms with Crippen LogP contribution in [-0.2, 0) is 28.9 Å². The van der Waals surface area contributed by atoms with E-state index in [4.69, 9.17) is 20.8 Å². The fraction of sp³-hybridized carbons (Fsp3) is 0.227. The molecular weight excluding hydrogens is 410 g/mol. The number of ether oxygens (including phenoxy) is 1. The highest BCUT2D eigenvalue weighted by atomic mass is 35.5. The van der Waals surface area contributed by atoms with Gasteiger partial charge in [0.25, 0.3) is 5.91 Å². The number of nitrogens with one attached hydrogen (secondary N) is 1. The van der Waals surface area contributed by atoms with Gasteiger partial charge in [-0.3, -0.25) is 9.00 Å². The van der Waals surface area contributed by atoms with E-state index in [0.717, 1.165) is 16.9 Å². The minimum Gasteiger partial charge on any atom is -0.494 e. The van der Waals surface area contributed by atoms with Crippen molar-refractivity contribution in [2.45, 2.75) is 25.0 Å². The Morgan fingerprint density at radius 2 is 1.69 bits per heavy atom. The zero-order valence-electron chi connectivity index (χ0n) is 16.0. The van der Waals surface area contributed by atoms with Crippen LogP contribution in [0, 0.1) is 0 Å². The molecule has 0 aliphatic heterocycles. The van der Waals surface area contributed by atoms with Gasteiger partial charge in [0.15, 0.2) is 5.76 Å². The Hall–Kier alpha value is -2.57. The first-order valence-electron chi connectivity index (χ1n) is 9.21. The molecule has 0 spiro atoms. The van der Waals surface area contributed by atoms with Gasteiger partial charge in [0.2, 0.25) is 0 Å². The van der Waals surface area contributed by atoms with Crippen LogP contribution in [0.1, 0.15) is 34.4 Å². The Kier molecular flexibility index (Phi) is 7.49. The van der Waals surface area contributed by atoms with Crippen LogP contribution in [0.5, 0.6) is 5.75 Å². The Balaban J connectivity index is 1.50. The molecule has 0 fully saturated rings. The predicted octanol–water partition coefficient (Wildman–Crippen LogP) is 4.71. The summed E-state index contributed by atoms with van der Waals surface area (Å²) in [7, 11) is -1.15. The lowest BCUT2D eigenvalue weighted by Gasteiger charge is -2.06. The lowest BCUT2D eigenvalue weighted by Crippen LogP contribution is -2.22. The third-order valence-corrected chi connectivity index (χ3v) is 5.63. The second kappa shape index (κ2) is 10.3. The van der Waals surface area contributed by atoms with E-state index in [-0.39, 0.29) is 17.4 Å². The van der Waals surface area contributed by atoms with Crippen LogP contribution in [0.2, 0.25) is 5.02 Å². The van der Waals surface area contributed by atoms with Crippen molar-refractivity contribution in [3.05, 3.63) is 88.3 Å². The molecule has 7 heteroatoms. The maximum atomic E-state index is 12.3. The molecule has 29 heavy (non-hydrogen) atoms. The summed E-state index contributed by atoms with van der Waals surface area (Å²) in [4.78, 5) is 12.3. The van der Waals surface area contributed by atoms with E-state index in [1.807, 2.05) is 43.3 Å². The summed E-state index contributed by atoms with van der Waals surface area (Å²) in [5, 5.41) is 3.46. The highest BCUT2D eigenvalue weighted by molar-refractivity contribution is 7.83. The fourth-order valence-electron chi connectivity index (χ4n) is 2.69. The van der Waals surface area contributed by atoms with Gasteiger partial charge in [-0.1, -0.05) is 35.9 Å². The van der Waals surface area contributed by atoms with Crippen LogP contribution in [0.3, 0.4) is 0 Å². The van der Waals surface area contributed by atoms with Crippen LogP contribution in [0.25, 0.3) is 0 Å². The number of hydrogen-bond donors (Lipinski definition) is 1. The molecule has 1 amide bonds. The van der Waals surface area contributed by atoms with E-state index in [0.29, 0.717) is 29.7 Å². The minimum absolute atomic E-state index is 0.203. The summed E-state index contributed by atoms with van der Waals surface area (Å²) >= 11 is 5.86. The largest absolute Gasteiger partial charge is 0.494 e. The number of hydrogen-bond acceptors (Lipinski definition) is 4. The first-order chi connectivity index (χ1) is 14.0. The smallest absolute Gasteiger partial charge is 0.287 e. The van der Waals surface area contributed by atoms with Crippen molar-refractivity contribution in [3.63, 3.8) is 0 Å². The second-order valence-electron chi connectivity index (χ2n) is 6.38. The van der Waals surface area contributed by atoms with E-state index in [1.54, 1.807) is 24.3 Å². The fourth-order valence-corrected chi connectivity index (χ4v) is 3.96. The average Bonchev–Trinajstić information content (AvgIpc) is 3.17. The van der Waals surface area contributed by atoms with Crippen molar-refractivity contribution in [2.24, 2.45) is 0 Å². The number of carbonyl (C=O) groups excluding carboxylic acids is 1. The molecule has 0 saturated heterocycles. The van der Waals surface area contributed by atoms with Gasteiger partial charge in [-0.05, 0) is 54.4 Å². The minimum atomic E-state index is -1.15. The van der Waals surface area contributed by atoms with Crippen molar-refractivity contribution >= 4 is 28.3 Å². The molecule has 3 aromatic rings. The molecule has 1 atom stereocenters.